The van der Waals surface area contributed by atoms with Gasteiger partial charge in [0, 0.05) is 12.5 Å². The zero-order valence-electron chi connectivity index (χ0n) is 12.4. The van der Waals surface area contributed by atoms with Crippen molar-refractivity contribution in [3.63, 3.8) is 0 Å². The van der Waals surface area contributed by atoms with Crippen LogP contribution in [0.2, 0.25) is 0 Å². The van der Waals surface area contributed by atoms with E-state index in [1.165, 1.54) is 5.56 Å². The Hall–Kier alpha value is -1.55. The second kappa shape index (κ2) is 8.18. The van der Waals surface area contributed by atoms with Crippen LogP contribution in [0.4, 0.5) is 0 Å². The van der Waals surface area contributed by atoms with Crippen molar-refractivity contribution in [3.05, 3.63) is 65.7 Å². The Morgan fingerprint density at radius 3 is 2.45 bits per heavy atom. The van der Waals surface area contributed by atoms with Gasteiger partial charge in [-0.1, -0.05) is 42.5 Å². The number of nitrogens with one attached hydrogen (secondary N) is 1. The highest BCUT2D eigenvalue weighted by Gasteiger charge is 2.24. The normalized spacial score (nSPS) is 21.0. The van der Waals surface area contributed by atoms with Crippen LogP contribution in [0.15, 0.2) is 54.6 Å². The molecule has 0 unspecified atom stereocenters. The molecule has 0 spiro atoms. The van der Waals surface area contributed by atoms with E-state index in [4.69, 9.17) is 4.74 Å². The molecule has 22 heavy (non-hydrogen) atoms. The lowest BCUT2D eigenvalue weighted by molar-refractivity contribution is 0.118. The van der Waals surface area contributed by atoms with Crippen molar-refractivity contribution in [3.8, 4) is 5.75 Å². The van der Waals surface area contributed by atoms with E-state index in [0.717, 1.165) is 24.3 Å². The highest BCUT2D eigenvalue weighted by atomic mass is 35.5. The Labute approximate surface area is 137 Å². The Balaban J connectivity index is 0.00000176. The minimum Gasteiger partial charge on any atom is -0.489 e. The summed E-state index contributed by atoms with van der Waals surface area (Å²) in [5, 5.41) is 13.3. The summed E-state index contributed by atoms with van der Waals surface area (Å²) in [6, 6.07) is 18.3. The molecular formula is C18H22ClNO2. The average molecular weight is 320 g/mol. The SMILES string of the molecule is Cl.O[C@H]1CNCC[C@@H]1c1ccc(OCc2ccccc2)cc1. The van der Waals surface area contributed by atoms with E-state index in [0.29, 0.717) is 13.2 Å². The number of ether oxygens (including phenoxy) is 1. The van der Waals surface area contributed by atoms with Crippen molar-refractivity contribution in [2.24, 2.45) is 0 Å². The first-order valence-electron chi connectivity index (χ1n) is 7.48. The summed E-state index contributed by atoms with van der Waals surface area (Å²) in [4.78, 5) is 0. The number of hydrogen-bond donors (Lipinski definition) is 2. The highest BCUT2D eigenvalue weighted by molar-refractivity contribution is 5.85. The van der Waals surface area contributed by atoms with Gasteiger partial charge in [0.05, 0.1) is 6.10 Å². The zero-order chi connectivity index (χ0) is 14.5. The van der Waals surface area contributed by atoms with Crippen LogP contribution in [-0.2, 0) is 6.61 Å². The summed E-state index contributed by atoms with van der Waals surface area (Å²) in [6.07, 6.45) is 0.681. The lowest BCUT2D eigenvalue weighted by Gasteiger charge is -2.28. The second-order valence-electron chi connectivity index (χ2n) is 5.51. The average Bonchev–Trinajstić information content (AvgIpc) is 2.55. The molecule has 1 fully saturated rings. The van der Waals surface area contributed by atoms with Gasteiger partial charge in [-0.2, -0.15) is 0 Å². The van der Waals surface area contributed by atoms with Gasteiger partial charge in [0.2, 0.25) is 0 Å². The molecule has 0 saturated carbocycles. The molecule has 0 aromatic heterocycles. The molecule has 2 aromatic rings. The second-order valence-corrected chi connectivity index (χ2v) is 5.51. The minimum atomic E-state index is -0.296. The number of β-amino-alcohol motifs (C(OH)–C–C–N with tert-alkyl or cyclic N) is 1. The molecule has 118 valence electrons. The van der Waals surface area contributed by atoms with Crippen LogP contribution in [0, 0.1) is 0 Å². The molecule has 2 aromatic carbocycles. The first-order valence-corrected chi connectivity index (χ1v) is 7.48. The molecule has 0 radical (unpaired) electrons. The summed E-state index contributed by atoms with van der Waals surface area (Å²) >= 11 is 0. The molecule has 2 atom stereocenters. The monoisotopic (exact) mass is 319 g/mol. The fourth-order valence-electron chi connectivity index (χ4n) is 2.78. The lowest BCUT2D eigenvalue weighted by atomic mass is 9.88. The van der Waals surface area contributed by atoms with Crippen molar-refractivity contribution in [2.75, 3.05) is 13.1 Å². The smallest absolute Gasteiger partial charge is 0.119 e. The summed E-state index contributed by atoms with van der Waals surface area (Å²) in [7, 11) is 0. The van der Waals surface area contributed by atoms with Crippen molar-refractivity contribution in [1.29, 1.82) is 0 Å². The van der Waals surface area contributed by atoms with E-state index in [1.54, 1.807) is 0 Å². The largest absolute Gasteiger partial charge is 0.489 e. The zero-order valence-corrected chi connectivity index (χ0v) is 13.3. The van der Waals surface area contributed by atoms with Crippen LogP contribution in [-0.4, -0.2) is 24.3 Å². The van der Waals surface area contributed by atoms with Crippen molar-refractivity contribution >= 4 is 12.4 Å². The molecule has 3 nitrogen and oxygen atoms in total. The summed E-state index contributed by atoms with van der Waals surface area (Å²) in [5.41, 5.74) is 2.35. The van der Waals surface area contributed by atoms with Gasteiger partial charge in [-0.15, -0.1) is 12.4 Å². The predicted octanol–water partition coefficient (Wildman–Crippen LogP) is 3.13. The Morgan fingerprint density at radius 1 is 1.05 bits per heavy atom. The van der Waals surface area contributed by atoms with Gasteiger partial charge >= 0.3 is 0 Å². The fourth-order valence-corrected chi connectivity index (χ4v) is 2.78. The quantitative estimate of drug-likeness (QED) is 0.909. The van der Waals surface area contributed by atoms with Gasteiger partial charge in [-0.05, 0) is 36.2 Å². The first-order chi connectivity index (χ1) is 10.3. The van der Waals surface area contributed by atoms with E-state index in [2.05, 4.69) is 29.6 Å². The molecule has 0 bridgehead atoms. The molecule has 1 aliphatic heterocycles. The van der Waals surface area contributed by atoms with Crippen LogP contribution in [0.25, 0.3) is 0 Å². The first kappa shape index (κ1) is 16.8. The van der Waals surface area contributed by atoms with E-state index in [-0.39, 0.29) is 24.4 Å². The summed E-state index contributed by atoms with van der Waals surface area (Å²) in [6.45, 7) is 2.22. The number of aliphatic hydroxyl groups is 1. The van der Waals surface area contributed by atoms with Crippen LogP contribution in [0.3, 0.4) is 0 Å². The van der Waals surface area contributed by atoms with Gasteiger partial charge in [0.25, 0.3) is 0 Å². The van der Waals surface area contributed by atoms with Gasteiger partial charge in [0.15, 0.2) is 0 Å². The standard InChI is InChI=1S/C18H21NO2.ClH/c20-18-12-19-11-10-17(18)15-6-8-16(9-7-15)21-13-14-4-2-1-3-5-14;/h1-9,17-20H,10-13H2;1H/t17-,18+;/m1./s1. The highest BCUT2D eigenvalue weighted by Crippen LogP contribution is 2.27. The topological polar surface area (TPSA) is 41.5 Å². The Kier molecular flexibility index (Phi) is 6.25. The van der Waals surface area contributed by atoms with Gasteiger partial charge in [0.1, 0.15) is 12.4 Å². The number of piperidine rings is 1. The van der Waals surface area contributed by atoms with Crippen LogP contribution >= 0.6 is 12.4 Å². The van der Waals surface area contributed by atoms with Gasteiger partial charge in [-0.3, -0.25) is 0 Å². The Morgan fingerprint density at radius 2 is 1.77 bits per heavy atom. The Bertz CT molecular complexity index is 559. The fraction of sp³-hybridized carbons (Fsp3) is 0.333. The third-order valence-corrected chi connectivity index (χ3v) is 4.01. The van der Waals surface area contributed by atoms with Gasteiger partial charge < -0.3 is 15.2 Å². The van der Waals surface area contributed by atoms with Crippen molar-refractivity contribution < 1.29 is 9.84 Å². The van der Waals surface area contributed by atoms with Crippen LogP contribution in [0.5, 0.6) is 5.75 Å². The molecule has 4 heteroatoms. The number of aliphatic hydroxyl groups excluding tert-OH is 1. The molecule has 2 N–H and O–H groups in total. The number of halogens is 1. The molecule has 1 saturated heterocycles. The molecule has 1 heterocycles. The van der Waals surface area contributed by atoms with Crippen LogP contribution in [0.1, 0.15) is 23.5 Å². The van der Waals surface area contributed by atoms with E-state index in [1.807, 2.05) is 30.3 Å². The third-order valence-electron chi connectivity index (χ3n) is 4.01. The molecule has 0 amide bonds. The molecular weight excluding hydrogens is 298 g/mol. The summed E-state index contributed by atoms with van der Waals surface area (Å²) < 4.78 is 5.79. The predicted molar refractivity (Wildman–Crippen MR) is 90.7 cm³/mol. The number of rotatable bonds is 4. The van der Waals surface area contributed by atoms with Crippen molar-refractivity contribution in [1.82, 2.24) is 5.32 Å². The molecule has 0 aliphatic carbocycles. The van der Waals surface area contributed by atoms with E-state index < -0.39 is 0 Å². The maximum Gasteiger partial charge on any atom is 0.119 e. The lowest BCUT2D eigenvalue weighted by Crippen LogP contribution is -2.39. The maximum absolute atomic E-state index is 10.0. The minimum absolute atomic E-state index is 0. The third kappa shape index (κ3) is 4.23. The van der Waals surface area contributed by atoms with E-state index in [9.17, 15) is 5.11 Å². The maximum atomic E-state index is 10.0. The molecule has 1 aliphatic rings. The molecule has 3 rings (SSSR count). The van der Waals surface area contributed by atoms with Crippen molar-refractivity contribution in [2.45, 2.75) is 25.0 Å². The summed E-state index contributed by atoms with van der Waals surface area (Å²) in [5.74, 6) is 1.10. The van der Waals surface area contributed by atoms with E-state index >= 15 is 0 Å². The van der Waals surface area contributed by atoms with Crippen LogP contribution < -0.4 is 10.1 Å². The van der Waals surface area contributed by atoms with Gasteiger partial charge in [-0.25, -0.2) is 0 Å². The number of hydrogen-bond acceptors (Lipinski definition) is 3. The number of benzene rings is 2.